The van der Waals surface area contributed by atoms with E-state index in [1.165, 1.54) is 0 Å². The standard InChI is InChI=1S/C18H27BrN2O3/c1-18(2,3)24-17(22)20-15-7-5-9-21(13-15)10-11-23-16-8-4-6-14(19)12-16/h4,6,8,12,15H,5,7,9-11,13H2,1-3H3,(H,20,22)/t15-/m0/s1. The third-order valence-corrected chi connectivity index (χ3v) is 4.19. The lowest BCUT2D eigenvalue weighted by molar-refractivity contribution is 0.0469. The molecule has 6 heteroatoms. The van der Waals surface area contributed by atoms with Crippen LogP contribution in [0.1, 0.15) is 33.6 Å². The Morgan fingerprint density at radius 3 is 2.92 bits per heavy atom. The molecule has 1 heterocycles. The van der Waals surface area contributed by atoms with Crippen molar-refractivity contribution in [1.82, 2.24) is 10.2 Å². The fourth-order valence-electron chi connectivity index (χ4n) is 2.70. The third kappa shape index (κ3) is 7.09. The molecule has 1 aliphatic heterocycles. The fourth-order valence-corrected chi connectivity index (χ4v) is 3.08. The van der Waals surface area contributed by atoms with Crippen LogP contribution in [-0.4, -0.2) is 48.9 Å². The average Bonchev–Trinajstić information content (AvgIpc) is 2.45. The molecule has 1 fully saturated rings. The summed E-state index contributed by atoms with van der Waals surface area (Å²) in [4.78, 5) is 14.2. The lowest BCUT2D eigenvalue weighted by atomic mass is 10.1. The molecule has 134 valence electrons. The molecule has 1 amide bonds. The summed E-state index contributed by atoms with van der Waals surface area (Å²) < 4.78 is 12.1. The molecule has 0 unspecified atom stereocenters. The van der Waals surface area contributed by atoms with E-state index in [1.54, 1.807) is 0 Å². The summed E-state index contributed by atoms with van der Waals surface area (Å²) in [6, 6.07) is 7.99. The summed E-state index contributed by atoms with van der Waals surface area (Å²) in [5.41, 5.74) is -0.462. The Morgan fingerprint density at radius 2 is 2.21 bits per heavy atom. The van der Waals surface area contributed by atoms with Crippen LogP contribution in [0.5, 0.6) is 5.75 Å². The highest BCUT2D eigenvalue weighted by atomic mass is 79.9. The largest absolute Gasteiger partial charge is 0.492 e. The van der Waals surface area contributed by atoms with Crippen LogP contribution in [0.3, 0.4) is 0 Å². The Balaban J connectivity index is 1.72. The first-order chi connectivity index (χ1) is 11.3. The van der Waals surface area contributed by atoms with Crippen molar-refractivity contribution in [2.45, 2.75) is 45.3 Å². The zero-order valence-electron chi connectivity index (χ0n) is 14.7. The topological polar surface area (TPSA) is 50.8 Å². The summed E-state index contributed by atoms with van der Waals surface area (Å²) in [6.07, 6.45) is 1.72. The van der Waals surface area contributed by atoms with Gasteiger partial charge in [-0.1, -0.05) is 22.0 Å². The SMILES string of the molecule is CC(C)(C)OC(=O)N[C@H]1CCCN(CCOc2cccc(Br)c2)C1. The molecule has 0 radical (unpaired) electrons. The lowest BCUT2D eigenvalue weighted by Gasteiger charge is -2.33. The molecule has 5 nitrogen and oxygen atoms in total. The van der Waals surface area contributed by atoms with Crippen LogP contribution in [0.2, 0.25) is 0 Å². The second-order valence-corrected chi connectivity index (χ2v) is 8.01. The number of amides is 1. The van der Waals surface area contributed by atoms with Crippen molar-refractivity contribution in [3.63, 3.8) is 0 Å². The maximum atomic E-state index is 11.9. The lowest BCUT2D eigenvalue weighted by Crippen LogP contribution is -2.49. The minimum atomic E-state index is -0.462. The van der Waals surface area contributed by atoms with E-state index >= 15 is 0 Å². The maximum Gasteiger partial charge on any atom is 0.407 e. The number of piperidine rings is 1. The molecular weight excluding hydrogens is 372 g/mol. The minimum absolute atomic E-state index is 0.138. The molecule has 0 spiro atoms. The monoisotopic (exact) mass is 398 g/mol. The first kappa shape index (κ1) is 19.1. The van der Waals surface area contributed by atoms with Gasteiger partial charge in [-0.2, -0.15) is 0 Å². The van der Waals surface area contributed by atoms with Crippen LogP contribution in [0.25, 0.3) is 0 Å². The predicted molar refractivity (Wildman–Crippen MR) is 98.5 cm³/mol. The van der Waals surface area contributed by atoms with Gasteiger partial charge in [-0.3, -0.25) is 4.90 Å². The van der Waals surface area contributed by atoms with Crippen LogP contribution in [0.4, 0.5) is 4.79 Å². The van der Waals surface area contributed by atoms with Gasteiger partial charge in [-0.25, -0.2) is 4.79 Å². The number of hydrogen-bond acceptors (Lipinski definition) is 4. The number of carbonyl (C=O) groups excluding carboxylic acids is 1. The number of nitrogens with one attached hydrogen (secondary N) is 1. The van der Waals surface area contributed by atoms with Gasteiger partial charge in [-0.05, 0) is 58.4 Å². The molecular formula is C18H27BrN2O3. The van der Waals surface area contributed by atoms with Crippen molar-refractivity contribution in [3.8, 4) is 5.75 Å². The van der Waals surface area contributed by atoms with Crippen molar-refractivity contribution < 1.29 is 14.3 Å². The molecule has 0 aliphatic carbocycles. The predicted octanol–water partition coefficient (Wildman–Crippen LogP) is 3.82. The van der Waals surface area contributed by atoms with E-state index in [1.807, 2.05) is 45.0 Å². The normalized spacial score (nSPS) is 18.9. The second kappa shape index (κ2) is 8.72. The Kier molecular flexibility index (Phi) is 6.92. The molecule has 0 saturated carbocycles. The van der Waals surface area contributed by atoms with Crippen molar-refractivity contribution in [2.75, 3.05) is 26.2 Å². The van der Waals surface area contributed by atoms with Crippen molar-refractivity contribution in [1.29, 1.82) is 0 Å². The van der Waals surface area contributed by atoms with E-state index in [0.717, 1.165) is 42.7 Å². The van der Waals surface area contributed by atoms with Gasteiger partial charge in [0.25, 0.3) is 0 Å². The van der Waals surface area contributed by atoms with E-state index in [4.69, 9.17) is 9.47 Å². The second-order valence-electron chi connectivity index (χ2n) is 7.09. The van der Waals surface area contributed by atoms with Gasteiger partial charge in [0.1, 0.15) is 18.0 Å². The first-order valence-electron chi connectivity index (χ1n) is 8.42. The highest BCUT2D eigenvalue weighted by molar-refractivity contribution is 9.10. The number of ether oxygens (including phenoxy) is 2. The van der Waals surface area contributed by atoms with E-state index in [2.05, 4.69) is 26.1 Å². The molecule has 2 rings (SSSR count). The van der Waals surface area contributed by atoms with Gasteiger partial charge in [0.15, 0.2) is 0 Å². The summed E-state index contributed by atoms with van der Waals surface area (Å²) in [5, 5.41) is 2.97. The number of benzene rings is 1. The van der Waals surface area contributed by atoms with Crippen LogP contribution < -0.4 is 10.1 Å². The summed E-state index contributed by atoms with van der Waals surface area (Å²) in [5.74, 6) is 0.866. The molecule has 1 aromatic carbocycles. The number of carbonyl (C=O) groups is 1. The third-order valence-electron chi connectivity index (χ3n) is 3.70. The molecule has 0 aromatic heterocycles. The molecule has 1 aromatic rings. The van der Waals surface area contributed by atoms with E-state index in [9.17, 15) is 4.79 Å². The number of likely N-dealkylation sites (tertiary alicyclic amines) is 1. The van der Waals surface area contributed by atoms with Crippen LogP contribution >= 0.6 is 15.9 Å². The molecule has 1 atom stereocenters. The quantitative estimate of drug-likeness (QED) is 0.818. The molecule has 24 heavy (non-hydrogen) atoms. The smallest absolute Gasteiger partial charge is 0.407 e. The average molecular weight is 399 g/mol. The van der Waals surface area contributed by atoms with Crippen molar-refractivity contribution >= 4 is 22.0 Å². The highest BCUT2D eigenvalue weighted by Gasteiger charge is 2.24. The van der Waals surface area contributed by atoms with E-state index in [0.29, 0.717) is 6.61 Å². The van der Waals surface area contributed by atoms with Crippen molar-refractivity contribution in [3.05, 3.63) is 28.7 Å². The fraction of sp³-hybridized carbons (Fsp3) is 0.611. The number of rotatable bonds is 5. The molecule has 1 aliphatic rings. The van der Waals surface area contributed by atoms with E-state index in [-0.39, 0.29) is 12.1 Å². The van der Waals surface area contributed by atoms with Gasteiger partial charge in [-0.15, -0.1) is 0 Å². The summed E-state index contributed by atoms with van der Waals surface area (Å²) >= 11 is 3.44. The van der Waals surface area contributed by atoms with Gasteiger partial charge in [0.05, 0.1) is 0 Å². The van der Waals surface area contributed by atoms with Gasteiger partial charge in [0, 0.05) is 23.6 Å². The zero-order chi connectivity index (χ0) is 17.6. The van der Waals surface area contributed by atoms with Gasteiger partial charge < -0.3 is 14.8 Å². The minimum Gasteiger partial charge on any atom is -0.492 e. The van der Waals surface area contributed by atoms with Gasteiger partial charge >= 0.3 is 6.09 Å². The van der Waals surface area contributed by atoms with E-state index < -0.39 is 5.60 Å². The maximum absolute atomic E-state index is 11.9. The number of nitrogens with zero attached hydrogens (tertiary/aromatic N) is 1. The van der Waals surface area contributed by atoms with Crippen LogP contribution in [0.15, 0.2) is 28.7 Å². The molecule has 0 bridgehead atoms. The number of halogens is 1. The number of alkyl carbamates (subject to hydrolysis) is 1. The van der Waals surface area contributed by atoms with Gasteiger partial charge in [0.2, 0.25) is 0 Å². The summed E-state index contributed by atoms with van der Waals surface area (Å²) in [6.45, 7) is 8.97. The Bertz CT molecular complexity index is 545. The Morgan fingerprint density at radius 1 is 1.42 bits per heavy atom. The molecule has 1 saturated heterocycles. The highest BCUT2D eigenvalue weighted by Crippen LogP contribution is 2.18. The van der Waals surface area contributed by atoms with Crippen molar-refractivity contribution in [2.24, 2.45) is 0 Å². The first-order valence-corrected chi connectivity index (χ1v) is 9.21. The number of hydrogen-bond donors (Lipinski definition) is 1. The van der Waals surface area contributed by atoms with Crippen LogP contribution in [-0.2, 0) is 4.74 Å². The molecule has 1 N–H and O–H groups in total. The zero-order valence-corrected chi connectivity index (χ0v) is 16.3. The summed E-state index contributed by atoms with van der Waals surface area (Å²) in [7, 11) is 0. The Labute approximate surface area is 152 Å². The Hall–Kier alpha value is -1.27. The van der Waals surface area contributed by atoms with Crippen LogP contribution in [0, 0.1) is 0 Å².